The fraction of sp³-hybridized carbons (Fsp3) is 0.333. The van der Waals surface area contributed by atoms with Gasteiger partial charge < -0.3 is 15.2 Å². The highest BCUT2D eigenvalue weighted by Crippen LogP contribution is 2.23. The summed E-state index contributed by atoms with van der Waals surface area (Å²) < 4.78 is 11.6. The van der Waals surface area contributed by atoms with Crippen molar-refractivity contribution in [3.63, 3.8) is 0 Å². The first-order valence-corrected chi connectivity index (χ1v) is 7.40. The number of nitrogens with two attached hydrogens (primary N) is 1. The number of aryl methyl sites for hydroxylation is 1. The van der Waals surface area contributed by atoms with E-state index < -0.39 is 0 Å². The van der Waals surface area contributed by atoms with Gasteiger partial charge in [-0.3, -0.25) is 0 Å². The molecule has 0 saturated heterocycles. The molecule has 0 saturated carbocycles. The molecule has 3 nitrogen and oxygen atoms in total. The molecule has 0 spiro atoms. The Morgan fingerprint density at radius 3 is 2.43 bits per heavy atom. The van der Waals surface area contributed by atoms with E-state index in [0.29, 0.717) is 19.8 Å². The molecule has 0 amide bonds. The topological polar surface area (TPSA) is 44.5 Å². The maximum absolute atomic E-state index is 5.92. The first-order valence-electron chi connectivity index (χ1n) is 7.40. The van der Waals surface area contributed by atoms with Crippen LogP contribution < -0.4 is 15.2 Å². The summed E-state index contributed by atoms with van der Waals surface area (Å²) in [5.74, 6) is 1.87. The van der Waals surface area contributed by atoms with Gasteiger partial charge in [0.25, 0.3) is 0 Å². The molecule has 112 valence electrons. The van der Waals surface area contributed by atoms with Crippen LogP contribution in [-0.2, 0) is 6.42 Å². The molecule has 0 bridgehead atoms. The Morgan fingerprint density at radius 1 is 0.905 bits per heavy atom. The van der Waals surface area contributed by atoms with E-state index in [0.717, 1.165) is 29.9 Å². The number of hydrogen-bond acceptors (Lipinski definition) is 3. The Labute approximate surface area is 126 Å². The highest BCUT2D eigenvalue weighted by molar-refractivity contribution is 5.40. The summed E-state index contributed by atoms with van der Waals surface area (Å²) in [4.78, 5) is 0. The quantitative estimate of drug-likeness (QED) is 0.757. The van der Waals surface area contributed by atoms with Crippen LogP contribution in [0, 0.1) is 6.92 Å². The fourth-order valence-corrected chi connectivity index (χ4v) is 2.21. The average Bonchev–Trinajstić information content (AvgIpc) is 2.51. The van der Waals surface area contributed by atoms with Crippen LogP contribution in [0.4, 0.5) is 0 Å². The molecular weight excluding hydrogens is 262 g/mol. The molecule has 3 heteroatoms. The molecule has 0 unspecified atom stereocenters. The number of para-hydroxylation sites is 2. The predicted octanol–water partition coefficient (Wildman–Crippen LogP) is 3.34. The lowest BCUT2D eigenvalue weighted by Gasteiger charge is -2.14. The van der Waals surface area contributed by atoms with Gasteiger partial charge in [0.15, 0.2) is 0 Å². The highest BCUT2D eigenvalue weighted by Gasteiger charge is 2.06. The number of ether oxygens (including phenoxy) is 2. The number of hydrogen-bond donors (Lipinski definition) is 1. The standard InChI is InChI=1S/C18H23NO2/c1-15-7-5-8-16(11-12-19)18(15)21-14-6-13-20-17-9-3-2-4-10-17/h2-5,7-10H,6,11-14,19H2,1H3. The number of benzene rings is 2. The van der Waals surface area contributed by atoms with Crippen molar-refractivity contribution in [1.29, 1.82) is 0 Å². The zero-order valence-electron chi connectivity index (χ0n) is 12.5. The molecule has 0 radical (unpaired) electrons. The largest absolute Gasteiger partial charge is 0.493 e. The van der Waals surface area contributed by atoms with Crippen LogP contribution in [0.1, 0.15) is 17.5 Å². The van der Waals surface area contributed by atoms with Crippen molar-refractivity contribution in [2.24, 2.45) is 5.73 Å². The summed E-state index contributed by atoms with van der Waals surface area (Å²) in [6, 6.07) is 16.0. The minimum atomic E-state index is 0.636. The van der Waals surface area contributed by atoms with Gasteiger partial charge in [0, 0.05) is 6.42 Å². The van der Waals surface area contributed by atoms with Crippen LogP contribution in [-0.4, -0.2) is 19.8 Å². The minimum absolute atomic E-state index is 0.636. The Morgan fingerprint density at radius 2 is 1.67 bits per heavy atom. The van der Waals surface area contributed by atoms with Gasteiger partial charge >= 0.3 is 0 Å². The van der Waals surface area contributed by atoms with E-state index in [1.54, 1.807) is 0 Å². The molecule has 2 aromatic carbocycles. The molecule has 0 fully saturated rings. The van der Waals surface area contributed by atoms with Crippen LogP contribution in [0.15, 0.2) is 48.5 Å². The molecule has 0 aliphatic carbocycles. The van der Waals surface area contributed by atoms with E-state index in [1.807, 2.05) is 36.4 Å². The van der Waals surface area contributed by atoms with Crippen molar-refractivity contribution in [3.05, 3.63) is 59.7 Å². The molecule has 0 atom stereocenters. The van der Waals surface area contributed by atoms with E-state index >= 15 is 0 Å². The van der Waals surface area contributed by atoms with Crippen molar-refractivity contribution in [2.75, 3.05) is 19.8 Å². The van der Waals surface area contributed by atoms with Crippen LogP contribution in [0.3, 0.4) is 0 Å². The summed E-state index contributed by atoms with van der Waals surface area (Å²) in [6.07, 6.45) is 1.70. The van der Waals surface area contributed by atoms with Gasteiger partial charge in [-0.2, -0.15) is 0 Å². The molecule has 0 aliphatic rings. The van der Waals surface area contributed by atoms with Crippen LogP contribution >= 0.6 is 0 Å². The SMILES string of the molecule is Cc1cccc(CCN)c1OCCCOc1ccccc1. The van der Waals surface area contributed by atoms with E-state index in [2.05, 4.69) is 19.1 Å². The van der Waals surface area contributed by atoms with Gasteiger partial charge in [-0.25, -0.2) is 0 Å². The van der Waals surface area contributed by atoms with Crippen LogP contribution in [0.2, 0.25) is 0 Å². The summed E-state index contributed by atoms with van der Waals surface area (Å²) >= 11 is 0. The van der Waals surface area contributed by atoms with E-state index in [9.17, 15) is 0 Å². The first-order chi connectivity index (χ1) is 10.3. The minimum Gasteiger partial charge on any atom is -0.493 e. The number of rotatable bonds is 8. The second-order valence-corrected chi connectivity index (χ2v) is 4.97. The lowest BCUT2D eigenvalue weighted by molar-refractivity contribution is 0.245. The molecule has 0 aliphatic heterocycles. The van der Waals surface area contributed by atoms with E-state index in [4.69, 9.17) is 15.2 Å². The zero-order chi connectivity index (χ0) is 14.9. The zero-order valence-corrected chi connectivity index (χ0v) is 12.5. The van der Waals surface area contributed by atoms with Crippen molar-refractivity contribution in [3.8, 4) is 11.5 Å². The van der Waals surface area contributed by atoms with Gasteiger partial charge in [0.2, 0.25) is 0 Å². The average molecular weight is 285 g/mol. The van der Waals surface area contributed by atoms with Crippen molar-refractivity contribution >= 4 is 0 Å². The predicted molar refractivity (Wildman–Crippen MR) is 86.0 cm³/mol. The molecule has 2 rings (SSSR count). The lowest BCUT2D eigenvalue weighted by atomic mass is 10.1. The summed E-state index contributed by atoms with van der Waals surface area (Å²) in [7, 11) is 0. The van der Waals surface area contributed by atoms with Crippen LogP contribution in [0.5, 0.6) is 11.5 Å². The van der Waals surface area contributed by atoms with Crippen LogP contribution in [0.25, 0.3) is 0 Å². The summed E-state index contributed by atoms with van der Waals surface area (Å²) in [6.45, 7) is 4.00. The van der Waals surface area contributed by atoms with E-state index in [1.165, 1.54) is 5.56 Å². The maximum atomic E-state index is 5.92. The van der Waals surface area contributed by atoms with Gasteiger partial charge in [-0.1, -0.05) is 36.4 Å². The maximum Gasteiger partial charge on any atom is 0.125 e. The van der Waals surface area contributed by atoms with Gasteiger partial charge in [0.05, 0.1) is 13.2 Å². The highest BCUT2D eigenvalue weighted by atomic mass is 16.5. The molecular formula is C18H23NO2. The summed E-state index contributed by atoms with van der Waals surface area (Å²) in [5, 5.41) is 0. The molecule has 0 heterocycles. The third-order valence-electron chi connectivity index (χ3n) is 3.25. The monoisotopic (exact) mass is 285 g/mol. The molecule has 2 aromatic rings. The van der Waals surface area contributed by atoms with Crippen molar-refractivity contribution in [2.45, 2.75) is 19.8 Å². The van der Waals surface area contributed by atoms with Gasteiger partial charge in [-0.15, -0.1) is 0 Å². The first kappa shape index (κ1) is 15.4. The fourth-order valence-electron chi connectivity index (χ4n) is 2.21. The Balaban J connectivity index is 1.78. The van der Waals surface area contributed by atoms with Gasteiger partial charge in [0.1, 0.15) is 11.5 Å². The third-order valence-corrected chi connectivity index (χ3v) is 3.25. The lowest BCUT2D eigenvalue weighted by Crippen LogP contribution is -2.09. The van der Waals surface area contributed by atoms with E-state index in [-0.39, 0.29) is 0 Å². The molecule has 0 aromatic heterocycles. The van der Waals surface area contributed by atoms with Gasteiger partial charge in [-0.05, 0) is 43.1 Å². The normalized spacial score (nSPS) is 10.4. The Kier molecular flexibility index (Phi) is 6.10. The third kappa shape index (κ3) is 4.80. The smallest absolute Gasteiger partial charge is 0.125 e. The second-order valence-electron chi connectivity index (χ2n) is 4.97. The van der Waals surface area contributed by atoms with Crippen molar-refractivity contribution < 1.29 is 9.47 Å². The second kappa shape index (κ2) is 8.32. The summed E-state index contributed by atoms with van der Waals surface area (Å²) in [5.41, 5.74) is 7.98. The molecule has 21 heavy (non-hydrogen) atoms. The molecule has 2 N–H and O–H groups in total. The van der Waals surface area contributed by atoms with Crippen molar-refractivity contribution in [1.82, 2.24) is 0 Å². The Bertz CT molecular complexity index is 540. The Hall–Kier alpha value is -2.00.